The summed E-state index contributed by atoms with van der Waals surface area (Å²) in [6, 6.07) is 12.7. The zero-order chi connectivity index (χ0) is 14.8. The van der Waals surface area contributed by atoms with Crippen LogP contribution in [0, 0.1) is 6.92 Å². The number of carbonyl (C=O) groups is 1. The summed E-state index contributed by atoms with van der Waals surface area (Å²) >= 11 is 0. The molecule has 4 nitrogen and oxygen atoms in total. The van der Waals surface area contributed by atoms with Gasteiger partial charge in [0, 0.05) is 18.0 Å². The van der Waals surface area contributed by atoms with Crippen molar-refractivity contribution in [1.29, 1.82) is 0 Å². The summed E-state index contributed by atoms with van der Waals surface area (Å²) in [5.74, 6) is -0.0826. The second-order valence-corrected chi connectivity index (χ2v) is 4.74. The molecule has 0 amide bonds. The van der Waals surface area contributed by atoms with E-state index in [1.165, 1.54) is 0 Å². The van der Waals surface area contributed by atoms with Crippen molar-refractivity contribution in [1.82, 2.24) is 4.98 Å². The van der Waals surface area contributed by atoms with Gasteiger partial charge in [-0.25, -0.2) is 4.79 Å². The monoisotopic (exact) mass is 279 g/mol. The third kappa shape index (κ3) is 2.56. The van der Waals surface area contributed by atoms with E-state index in [4.69, 9.17) is 4.74 Å². The first-order valence-corrected chi connectivity index (χ1v) is 6.50. The van der Waals surface area contributed by atoms with Crippen LogP contribution < -0.4 is 4.74 Å². The molecule has 21 heavy (non-hydrogen) atoms. The molecule has 0 radical (unpaired) electrons. The fourth-order valence-corrected chi connectivity index (χ4v) is 2.16. The molecule has 3 aromatic rings. The number of pyridine rings is 1. The predicted molar refractivity (Wildman–Crippen MR) is 80.0 cm³/mol. The predicted octanol–water partition coefficient (Wildman–Crippen LogP) is 4.03. The van der Waals surface area contributed by atoms with Crippen LogP contribution in [0.15, 0.2) is 54.9 Å². The second-order valence-electron chi connectivity index (χ2n) is 4.74. The molecule has 1 N–H and O–H groups in total. The number of nitrogens with zero attached hydrogens (tertiary/aromatic N) is 1. The third-order valence-corrected chi connectivity index (χ3v) is 3.27. The molecule has 2 aromatic carbocycles. The Morgan fingerprint density at radius 1 is 1.10 bits per heavy atom. The van der Waals surface area contributed by atoms with Crippen LogP contribution in [0.3, 0.4) is 0 Å². The molecule has 0 fully saturated rings. The lowest BCUT2D eigenvalue weighted by atomic mass is 10.1. The van der Waals surface area contributed by atoms with Gasteiger partial charge in [0.25, 0.3) is 0 Å². The lowest BCUT2D eigenvalue weighted by molar-refractivity contribution is 0.0694. The van der Waals surface area contributed by atoms with E-state index >= 15 is 0 Å². The van der Waals surface area contributed by atoms with Crippen LogP contribution >= 0.6 is 0 Å². The Labute approximate surface area is 121 Å². The number of benzene rings is 2. The van der Waals surface area contributed by atoms with E-state index < -0.39 is 5.97 Å². The summed E-state index contributed by atoms with van der Waals surface area (Å²) in [7, 11) is 0. The molecule has 3 rings (SSSR count). The molecule has 4 heteroatoms. The summed E-state index contributed by atoms with van der Waals surface area (Å²) in [5, 5.41) is 11.2. The number of aromatic carboxylic acids is 1. The van der Waals surface area contributed by atoms with Crippen LogP contribution in [0.1, 0.15) is 15.9 Å². The zero-order valence-corrected chi connectivity index (χ0v) is 11.4. The molecule has 0 unspecified atom stereocenters. The molecule has 0 atom stereocenters. The number of hydrogen-bond donors (Lipinski definition) is 1. The van der Waals surface area contributed by atoms with E-state index in [1.54, 1.807) is 30.6 Å². The first-order chi connectivity index (χ1) is 10.1. The van der Waals surface area contributed by atoms with Gasteiger partial charge in [0.1, 0.15) is 17.1 Å². The highest BCUT2D eigenvalue weighted by molar-refractivity contribution is 5.97. The van der Waals surface area contributed by atoms with Crippen LogP contribution in [0.25, 0.3) is 10.8 Å². The fourth-order valence-electron chi connectivity index (χ4n) is 2.16. The molecule has 0 bridgehead atoms. The van der Waals surface area contributed by atoms with Gasteiger partial charge in [0.05, 0.1) is 0 Å². The Kier molecular flexibility index (Phi) is 3.28. The SMILES string of the molecule is Cc1cnccc1Oc1cc2ccccc2cc1C(=O)O. The van der Waals surface area contributed by atoms with Crippen LogP contribution in [-0.2, 0) is 0 Å². The Balaban J connectivity index is 2.14. The number of carboxylic acid groups (broad SMARTS) is 1. The second kappa shape index (κ2) is 5.25. The molecule has 1 aromatic heterocycles. The molecule has 0 saturated carbocycles. The molecule has 0 saturated heterocycles. The summed E-state index contributed by atoms with van der Waals surface area (Å²) < 4.78 is 5.79. The molecule has 0 aliphatic rings. The standard InChI is InChI=1S/C17H13NO3/c1-11-10-18-7-6-15(11)21-16-9-13-5-3-2-4-12(13)8-14(16)17(19)20/h2-10H,1H3,(H,19,20). The lowest BCUT2D eigenvalue weighted by Crippen LogP contribution is -2.01. The number of carboxylic acids is 1. The van der Waals surface area contributed by atoms with Crippen LogP contribution in [0.2, 0.25) is 0 Å². The number of rotatable bonds is 3. The minimum atomic E-state index is -1.01. The maximum absolute atomic E-state index is 11.4. The Bertz CT molecular complexity index is 827. The minimum Gasteiger partial charge on any atom is -0.478 e. The lowest BCUT2D eigenvalue weighted by Gasteiger charge is -2.12. The Morgan fingerprint density at radius 3 is 2.48 bits per heavy atom. The maximum Gasteiger partial charge on any atom is 0.339 e. The van der Waals surface area contributed by atoms with Crippen LogP contribution in [-0.4, -0.2) is 16.1 Å². The van der Waals surface area contributed by atoms with E-state index in [-0.39, 0.29) is 5.56 Å². The number of aryl methyl sites for hydroxylation is 1. The molecule has 104 valence electrons. The van der Waals surface area contributed by atoms with Crippen LogP contribution in [0.4, 0.5) is 0 Å². The minimum absolute atomic E-state index is 0.143. The van der Waals surface area contributed by atoms with Gasteiger partial charge in [0.2, 0.25) is 0 Å². The first-order valence-electron chi connectivity index (χ1n) is 6.50. The van der Waals surface area contributed by atoms with E-state index in [9.17, 15) is 9.90 Å². The maximum atomic E-state index is 11.4. The normalized spacial score (nSPS) is 10.5. The van der Waals surface area contributed by atoms with Crippen molar-refractivity contribution in [2.75, 3.05) is 0 Å². The quantitative estimate of drug-likeness (QED) is 0.786. The van der Waals surface area contributed by atoms with E-state index in [1.807, 2.05) is 31.2 Å². The van der Waals surface area contributed by atoms with Gasteiger partial charge in [-0.2, -0.15) is 0 Å². The van der Waals surface area contributed by atoms with Gasteiger partial charge < -0.3 is 9.84 Å². The largest absolute Gasteiger partial charge is 0.478 e. The molecule has 0 aliphatic carbocycles. The molecule has 1 heterocycles. The van der Waals surface area contributed by atoms with Crippen molar-refractivity contribution in [3.05, 3.63) is 66.0 Å². The molecule has 0 aliphatic heterocycles. The van der Waals surface area contributed by atoms with Gasteiger partial charge in [-0.05, 0) is 35.9 Å². The third-order valence-electron chi connectivity index (χ3n) is 3.27. The van der Waals surface area contributed by atoms with Gasteiger partial charge in [0.15, 0.2) is 0 Å². The van der Waals surface area contributed by atoms with Gasteiger partial charge in [-0.15, -0.1) is 0 Å². The van der Waals surface area contributed by atoms with Gasteiger partial charge in [-0.3, -0.25) is 4.98 Å². The van der Waals surface area contributed by atoms with E-state index in [0.29, 0.717) is 11.5 Å². The number of aromatic nitrogens is 1. The number of ether oxygens (including phenoxy) is 1. The topological polar surface area (TPSA) is 59.4 Å². The highest BCUT2D eigenvalue weighted by atomic mass is 16.5. The zero-order valence-electron chi connectivity index (χ0n) is 11.4. The summed E-state index contributed by atoms with van der Waals surface area (Å²) in [6.07, 6.45) is 3.29. The van der Waals surface area contributed by atoms with Crippen LogP contribution in [0.5, 0.6) is 11.5 Å². The summed E-state index contributed by atoms with van der Waals surface area (Å²) in [5.41, 5.74) is 0.993. The summed E-state index contributed by atoms with van der Waals surface area (Å²) in [4.78, 5) is 15.4. The number of hydrogen-bond acceptors (Lipinski definition) is 3. The molecular weight excluding hydrogens is 266 g/mol. The smallest absolute Gasteiger partial charge is 0.339 e. The average Bonchev–Trinajstić information content (AvgIpc) is 2.48. The van der Waals surface area contributed by atoms with Gasteiger partial charge >= 0.3 is 5.97 Å². The van der Waals surface area contributed by atoms with Crippen molar-refractivity contribution < 1.29 is 14.6 Å². The highest BCUT2D eigenvalue weighted by Gasteiger charge is 2.14. The Hall–Kier alpha value is -2.88. The van der Waals surface area contributed by atoms with Crippen molar-refractivity contribution in [3.63, 3.8) is 0 Å². The van der Waals surface area contributed by atoms with Crippen molar-refractivity contribution >= 4 is 16.7 Å². The average molecular weight is 279 g/mol. The summed E-state index contributed by atoms with van der Waals surface area (Å²) in [6.45, 7) is 1.86. The number of fused-ring (bicyclic) bond motifs is 1. The van der Waals surface area contributed by atoms with E-state index in [2.05, 4.69) is 4.98 Å². The molecular formula is C17H13NO3. The van der Waals surface area contributed by atoms with Gasteiger partial charge in [-0.1, -0.05) is 24.3 Å². The van der Waals surface area contributed by atoms with Crippen molar-refractivity contribution in [3.8, 4) is 11.5 Å². The Morgan fingerprint density at radius 2 is 1.81 bits per heavy atom. The van der Waals surface area contributed by atoms with E-state index in [0.717, 1.165) is 16.3 Å². The first kappa shape index (κ1) is 13.1. The van der Waals surface area contributed by atoms with Crippen molar-refractivity contribution in [2.45, 2.75) is 6.92 Å². The van der Waals surface area contributed by atoms with Crippen molar-refractivity contribution in [2.24, 2.45) is 0 Å². The highest BCUT2D eigenvalue weighted by Crippen LogP contribution is 2.31. The fraction of sp³-hybridized carbons (Fsp3) is 0.0588. The molecule has 0 spiro atoms.